The molecule has 2 aromatic carbocycles. The summed E-state index contributed by atoms with van der Waals surface area (Å²) in [7, 11) is -2.06. The first kappa shape index (κ1) is 20.0. The van der Waals surface area contributed by atoms with Gasteiger partial charge in [0.1, 0.15) is 11.6 Å². The summed E-state index contributed by atoms with van der Waals surface area (Å²) in [6.45, 7) is 1.31. The molecular formula is C20H20ClFN2O4S. The minimum atomic E-state index is -3.40. The lowest BCUT2D eigenvalue weighted by molar-refractivity contribution is 0.365. The molecule has 0 bridgehead atoms. The summed E-state index contributed by atoms with van der Waals surface area (Å²) in [5, 5.41) is 0.165. The molecule has 0 aromatic heterocycles. The summed E-state index contributed by atoms with van der Waals surface area (Å²) in [6.07, 6.45) is 1.80. The van der Waals surface area contributed by atoms with Crippen molar-refractivity contribution >= 4 is 27.5 Å². The number of hydrogen-bond acceptors (Lipinski definition) is 5. The number of benzene rings is 2. The van der Waals surface area contributed by atoms with Gasteiger partial charge in [0.05, 0.1) is 17.9 Å². The van der Waals surface area contributed by atoms with Gasteiger partial charge in [-0.3, -0.25) is 0 Å². The van der Waals surface area contributed by atoms with E-state index in [-0.39, 0.29) is 28.2 Å². The zero-order valence-electron chi connectivity index (χ0n) is 15.8. The van der Waals surface area contributed by atoms with E-state index >= 15 is 0 Å². The second-order valence-electron chi connectivity index (χ2n) is 6.98. The van der Waals surface area contributed by atoms with E-state index in [1.165, 1.54) is 19.2 Å². The van der Waals surface area contributed by atoms with E-state index in [0.717, 1.165) is 24.9 Å². The zero-order valence-corrected chi connectivity index (χ0v) is 17.3. The predicted molar refractivity (Wildman–Crippen MR) is 109 cm³/mol. The Morgan fingerprint density at radius 1 is 1.17 bits per heavy atom. The normalized spacial score (nSPS) is 20.6. The van der Waals surface area contributed by atoms with Crippen LogP contribution in [-0.2, 0) is 10.0 Å². The topological polar surface area (TPSA) is 68.2 Å². The Morgan fingerprint density at radius 3 is 2.66 bits per heavy atom. The summed E-state index contributed by atoms with van der Waals surface area (Å²) < 4.78 is 53.0. The molecule has 29 heavy (non-hydrogen) atoms. The molecule has 1 saturated heterocycles. The van der Waals surface area contributed by atoms with E-state index in [0.29, 0.717) is 18.1 Å². The van der Waals surface area contributed by atoms with Gasteiger partial charge in [-0.2, -0.15) is 4.39 Å². The second kappa shape index (κ2) is 7.84. The maximum Gasteiger partial charge on any atom is 0.256 e. The average molecular weight is 439 g/mol. The van der Waals surface area contributed by atoms with Gasteiger partial charge in [0.15, 0.2) is 11.5 Å². The number of nitrogens with zero attached hydrogens (tertiary/aromatic N) is 2. The summed E-state index contributed by atoms with van der Waals surface area (Å²) in [6, 6.07) is 10.1. The second-order valence-corrected chi connectivity index (χ2v) is 9.14. The largest absolute Gasteiger partial charge is 0.492 e. The summed E-state index contributed by atoms with van der Waals surface area (Å²) >= 11 is 5.91. The molecule has 9 heteroatoms. The molecule has 0 N–H and O–H groups in total. The third-order valence-electron chi connectivity index (χ3n) is 5.14. The van der Waals surface area contributed by atoms with Gasteiger partial charge in [-0.1, -0.05) is 23.7 Å². The fraction of sp³-hybridized carbons (Fsp3) is 0.350. The van der Waals surface area contributed by atoms with Crippen LogP contribution in [0.2, 0.25) is 5.02 Å². The Balaban J connectivity index is 1.58. The van der Waals surface area contributed by atoms with Crippen LogP contribution in [0, 0.1) is 5.82 Å². The minimum Gasteiger partial charge on any atom is -0.492 e. The maximum atomic E-state index is 14.4. The van der Waals surface area contributed by atoms with Crippen molar-refractivity contribution in [2.24, 2.45) is 4.40 Å². The molecule has 154 valence electrons. The van der Waals surface area contributed by atoms with Crippen LogP contribution >= 0.6 is 11.6 Å². The van der Waals surface area contributed by atoms with E-state index in [9.17, 15) is 12.8 Å². The van der Waals surface area contributed by atoms with Gasteiger partial charge in [0, 0.05) is 19.0 Å². The Hall–Kier alpha value is -2.32. The Morgan fingerprint density at radius 2 is 1.93 bits per heavy atom. The highest BCUT2D eigenvalue weighted by molar-refractivity contribution is 7.90. The number of ether oxygens (including phenoxy) is 2. The number of sulfonamides is 1. The molecule has 1 fully saturated rings. The van der Waals surface area contributed by atoms with Crippen molar-refractivity contribution in [3.05, 3.63) is 52.8 Å². The molecular weight excluding hydrogens is 419 g/mol. The minimum absolute atomic E-state index is 0.00518. The van der Waals surface area contributed by atoms with Crippen LogP contribution in [0.4, 0.5) is 4.39 Å². The lowest BCUT2D eigenvalue weighted by atomic mass is 9.89. The van der Waals surface area contributed by atoms with Crippen molar-refractivity contribution < 1.29 is 22.3 Å². The molecule has 1 atom stereocenters. The maximum absolute atomic E-state index is 14.4. The third kappa shape index (κ3) is 4.04. The number of hydrogen-bond donors (Lipinski definition) is 0. The zero-order chi connectivity index (χ0) is 20.6. The quantitative estimate of drug-likeness (QED) is 0.715. The molecule has 4 rings (SSSR count). The highest BCUT2D eigenvalue weighted by Crippen LogP contribution is 2.37. The van der Waals surface area contributed by atoms with Gasteiger partial charge in [-0.25, -0.2) is 8.42 Å². The molecule has 2 aliphatic rings. The summed E-state index contributed by atoms with van der Waals surface area (Å²) in [5.41, 5.74) is 0.951. The molecule has 2 aromatic rings. The van der Waals surface area contributed by atoms with E-state index in [1.54, 1.807) is 12.1 Å². The molecule has 0 amide bonds. The van der Waals surface area contributed by atoms with Crippen LogP contribution in [0.1, 0.15) is 24.3 Å². The van der Waals surface area contributed by atoms with Gasteiger partial charge in [0.2, 0.25) is 5.82 Å². The average Bonchev–Trinajstić information content (AvgIpc) is 2.70. The number of rotatable bonds is 4. The lowest BCUT2D eigenvalue weighted by Crippen LogP contribution is -2.46. The Bertz CT molecular complexity index is 1060. The van der Waals surface area contributed by atoms with E-state index in [4.69, 9.17) is 21.1 Å². The standard InChI is InChI=1S/C20H20ClFN2O4S/c1-27-19-16(21)8-9-17(18(19)22)28-14-6-4-13(5-7-14)15-3-2-10-24-11-12-29(25,26)23-20(15)24/h4-9,15H,2-3,10-12H2,1H3/t15-/m0/s1. The molecule has 0 aliphatic carbocycles. The Kier molecular flexibility index (Phi) is 5.40. The molecule has 0 spiro atoms. The van der Waals surface area contributed by atoms with Crippen molar-refractivity contribution in [3.8, 4) is 17.2 Å². The predicted octanol–water partition coefficient (Wildman–Crippen LogP) is 4.20. The first-order chi connectivity index (χ1) is 13.9. The van der Waals surface area contributed by atoms with Crippen LogP contribution in [0.5, 0.6) is 17.2 Å². The molecule has 2 heterocycles. The molecule has 0 saturated carbocycles. The van der Waals surface area contributed by atoms with Crippen LogP contribution in [0.15, 0.2) is 40.8 Å². The first-order valence-corrected chi connectivity index (χ1v) is 11.2. The third-order valence-corrected chi connectivity index (χ3v) is 6.60. The van der Waals surface area contributed by atoms with E-state index < -0.39 is 15.8 Å². The van der Waals surface area contributed by atoms with Crippen molar-refractivity contribution in [1.29, 1.82) is 0 Å². The summed E-state index contributed by atoms with van der Waals surface area (Å²) in [4.78, 5) is 2.05. The first-order valence-electron chi connectivity index (χ1n) is 9.25. The molecule has 2 aliphatic heterocycles. The van der Waals surface area contributed by atoms with Gasteiger partial charge in [0.25, 0.3) is 10.0 Å². The molecule has 0 radical (unpaired) electrons. The highest BCUT2D eigenvalue weighted by Gasteiger charge is 2.33. The van der Waals surface area contributed by atoms with Crippen molar-refractivity contribution in [2.75, 3.05) is 26.0 Å². The fourth-order valence-electron chi connectivity index (χ4n) is 3.70. The summed E-state index contributed by atoms with van der Waals surface area (Å²) in [5.74, 6) is 0.304. The van der Waals surface area contributed by atoms with Gasteiger partial charge in [-0.05, 0) is 42.7 Å². The lowest BCUT2D eigenvalue weighted by Gasteiger charge is -2.37. The number of amidine groups is 1. The monoisotopic (exact) mass is 438 g/mol. The Labute approximate surface area is 174 Å². The number of fused-ring (bicyclic) bond motifs is 1. The van der Waals surface area contributed by atoms with Gasteiger partial charge >= 0.3 is 0 Å². The van der Waals surface area contributed by atoms with Crippen LogP contribution < -0.4 is 9.47 Å². The smallest absolute Gasteiger partial charge is 0.256 e. The molecule has 0 unspecified atom stereocenters. The van der Waals surface area contributed by atoms with Gasteiger partial charge < -0.3 is 14.4 Å². The van der Waals surface area contributed by atoms with Gasteiger partial charge in [-0.15, -0.1) is 4.40 Å². The van der Waals surface area contributed by atoms with Crippen LogP contribution in [0.25, 0.3) is 0 Å². The van der Waals surface area contributed by atoms with Crippen molar-refractivity contribution in [3.63, 3.8) is 0 Å². The van der Waals surface area contributed by atoms with Crippen LogP contribution in [0.3, 0.4) is 0 Å². The number of methoxy groups -OCH3 is 1. The fourth-order valence-corrected chi connectivity index (χ4v) is 5.00. The van der Waals surface area contributed by atoms with E-state index in [1.807, 2.05) is 12.1 Å². The SMILES string of the molecule is COc1c(Cl)ccc(Oc2ccc([C@@H]3CCCN4CCS(=O)(=O)N=C34)cc2)c1F. The van der Waals surface area contributed by atoms with Crippen molar-refractivity contribution in [2.45, 2.75) is 18.8 Å². The van der Waals surface area contributed by atoms with Crippen LogP contribution in [-0.4, -0.2) is 45.1 Å². The van der Waals surface area contributed by atoms with Crippen molar-refractivity contribution in [1.82, 2.24) is 4.90 Å². The number of halogens is 2. The number of piperidine rings is 1. The molecule has 6 nitrogen and oxygen atoms in total. The highest BCUT2D eigenvalue weighted by atomic mass is 35.5. The van der Waals surface area contributed by atoms with E-state index in [2.05, 4.69) is 9.30 Å².